The molecule has 6 nitrogen and oxygen atoms in total. The second kappa shape index (κ2) is 7.12. The van der Waals surface area contributed by atoms with E-state index in [0.29, 0.717) is 17.2 Å². The second-order valence-electron chi connectivity index (χ2n) is 4.37. The molecule has 1 amide bonds. The molecule has 1 heterocycles. The van der Waals surface area contributed by atoms with E-state index < -0.39 is 0 Å². The zero-order chi connectivity index (χ0) is 15.9. The van der Waals surface area contributed by atoms with Crippen molar-refractivity contribution in [2.45, 2.75) is 0 Å². The highest BCUT2D eigenvalue weighted by Crippen LogP contribution is 2.27. The normalized spacial score (nSPS) is 10.5. The average molecular weight is 299 g/mol. The van der Waals surface area contributed by atoms with Gasteiger partial charge in [-0.15, -0.1) is 0 Å². The van der Waals surface area contributed by atoms with Gasteiger partial charge < -0.3 is 20.5 Å². The van der Waals surface area contributed by atoms with Gasteiger partial charge in [-0.3, -0.25) is 4.79 Å². The third kappa shape index (κ3) is 3.76. The minimum atomic E-state index is -0.297. The van der Waals surface area contributed by atoms with Crippen molar-refractivity contribution in [3.8, 4) is 11.5 Å². The molecule has 0 atom stereocenters. The van der Waals surface area contributed by atoms with Crippen LogP contribution in [0.3, 0.4) is 0 Å². The smallest absolute Gasteiger partial charge is 0.248 e. The monoisotopic (exact) mass is 299 g/mol. The van der Waals surface area contributed by atoms with E-state index in [0.717, 1.165) is 5.56 Å². The van der Waals surface area contributed by atoms with Crippen LogP contribution in [0.2, 0.25) is 0 Å². The molecule has 114 valence electrons. The minimum absolute atomic E-state index is 0.273. The van der Waals surface area contributed by atoms with E-state index in [2.05, 4.69) is 10.3 Å². The first-order valence-corrected chi connectivity index (χ1v) is 6.55. The molecule has 0 spiro atoms. The molecule has 0 aliphatic rings. The lowest BCUT2D eigenvalue weighted by Crippen LogP contribution is -2.10. The van der Waals surface area contributed by atoms with Gasteiger partial charge in [0, 0.05) is 12.3 Å². The second-order valence-corrected chi connectivity index (χ2v) is 4.37. The standard InChI is InChI=1S/C16H17N3O3/c1-21-13-7-5-11(10-14(13)22-2)6-8-15(20)19-12-4-3-9-18-16(12)17/h3-10H,1-2H3,(H2,17,18)(H,19,20)/b8-6+. The number of anilines is 2. The number of carbonyl (C=O) groups excluding carboxylic acids is 1. The van der Waals surface area contributed by atoms with Crippen LogP contribution in [0.15, 0.2) is 42.6 Å². The number of nitrogens with two attached hydrogens (primary N) is 1. The lowest BCUT2D eigenvalue weighted by Gasteiger charge is -2.07. The quantitative estimate of drug-likeness (QED) is 0.827. The number of carbonyl (C=O) groups is 1. The summed E-state index contributed by atoms with van der Waals surface area (Å²) in [6, 6.07) is 8.76. The van der Waals surface area contributed by atoms with E-state index in [-0.39, 0.29) is 11.7 Å². The molecule has 0 saturated carbocycles. The van der Waals surface area contributed by atoms with Crippen molar-refractivity contribution in [3.63, 3.8) is 0 Å². The summed E-state index contributed by atoms with van der Waals surface area (Å²) in [5.41, 5.74) is 6.95. The Morgan fingerprint density at radius 3 is 2.68 bits per heavy atom. The lowest BCUT2D eigenvalue weighted by atomic mass is 10.2. The van der Waals surface area contributed by atoms with E-state index in [9.17, 15) is 4.79 Å². The van der Waals surface area contributed by atoms with Crippen molar-refractivity contribution < 1.29 is 14.3 Å². The zero-order valence-electron chi connectivity index (χ0n) is 12.4. The molecule has 0 radical (unpaired) electrons. The topological polar surface area (TPSA) is 86.5 Å². The highest BCUT2D eigenvalue weighted by molar-refractivity contribution is 6.03. The van der Waals surface area contributed by atoms with Gasteiger partial charge >= 0.3 is 0 Å². The summed E-state index contributed by atoms with van der Waals surface area (Å²) in [5.74, 6) is 1.21. The summed E-state index contributed by atoms with van der Waals surface area (Å²) < 4.78 is 10.4. The van der Waals surface area contributed by atoms with Gasteiger partial charge in [-0.2, -0.15) is 0 Å². The van der Waals surface area contributed by atoms with Crippen molar-refractivity contribution in [2.24, 2.45) is 0 Å². The van der Waals surface area contributed by atoms with Crippen molar-refractivity contribution in [1.82, 2.24) is 4.98 Å². The molecule has 1 aromatic carbocycles. The molecule has 1 aromatic heterocycles. The van der Waals surface area contributed by atoms with Gasteiger partial charge in [-0.05, 0) is 35.9 Å². The zero-order valence-corrected chi connectivity index (χ0v) is 12.4. The van der Waals surface area contributed by atoms with Crippen molar-refractivity contribution >= 4 is 23.5 Å². The minimum Gasteiger partial charge on any atom is -0.493 e. The van der Waals surface area contributed by atoms with Crippen LogP contribution in [0.5, 0.6) is 11.5 Å². The molecule has 2 rings (SSSR count). The molecule has 0 saturated heterocycles. The third-order valence-electron chi connectivity index (χ3n) is 2.93. The Kier molecular flexibility index (Phi) is 4.98. The maximum absolute atomic E-state index is 11.9. The number of hydrogen-bond donors (Lipinski definition) is 2. The Morgan fingerprint density at radius 2 is 2.00 bits per heavy atom. The van der Waals surface area contributed by atoms with Crippen molar-refractivity contribution in [3.05, 3.63) is 48.2 Å². The highest BCUT2D eigenvalue weighted by atomic mass is 16.5. The van der Waals surface area contributed by atoms with E-state index >= 15 is 0 Å². The number of ether oxygens (including phenoxy) is 2. The number of rotatable bonds is 5. The van der Waals surface area contributed by atoms with E-state index in [1.807, 2.05) is 6.07 Å². The largest absolute Gasteiger partial charge is 0.493 e. The summed E-state index contributed by atoms with van der Waals surface area (Å²) in [6.45, 7) is 0. The number of nitrogens with one attached hydrogen (secondary N) is 1. The van der Waals surface area contributed by atoms with E-state index in [1.54, 1.807) is 50.8 Å². The highest BCUT2D eigenvalue weighted by Gasteiger charge is 2.04. The van der Waals surface area contributed by atoms with Crippen molar-refractivity contribution in [2.75, 3.05) is 25.3 Å². The van der Waals surface area contributed by atoms with Crippen LogP contribution < -0.4 is 20.5 Å². The summed E-state index contributed by atoms with van der Waals surface area (Å²) in [5, 5.41) is 2.66. The fourth-order valence-corrected chi connectivity index (χ4v) is 1.83. The van der Waals surface area contributed by atoms with Crippen molar-refractivity contribution in [1.29, 1.82) is 0 Å². The number of amides is 1. The van der Waals surface area contributed by atoms with Gasteiger partial charge in [0.05, 0.1) is 19.9 Å². The van der Waals surface area contributed by atoms with Gasteiger partial charge in [-0.25, -0.2) is 4.98 Å². The van der Waals surface area contributed by atoms with E-state index in [4.69, 9.17) is 15.2 Å². The first-order valence-electron chi connectivity index (χ1n) is 6.55. The molecule has 3 N–H and O–H groups in total. The summed E-state index contributed by atoms with van der Waals surface area (Å²) in [6.07, 6.45) is 4.64. The number of hydrogen-bond acceptors (Lipinski definition) is 5. The maximum atomic E-state index is 11.9. The van der Waals surface area contributed by atoms with Crippen LogP contribution in [-0.2, 0) is 4.79 Å². The predicted molar refractivity (Wildman–Crippen MR) is 85.9 cm³/mol. The number of nitrogens with zero attached hydrogens (tertiary/aromatic N) is 1. The first-order chi connectivity index (χ1) is 10.6. The number of benzene rings is 1. The van der Waals surface area contributed by atoms with Gasteiger partial charge in [-0.1, -0.05) is 6.07 Å². The SMILES string of the molecule is COc1ccc(/C=C/C(=O)Nc2cccnc2N)cc1OC. The van der Waals surface area contributed by atoms with E-state index in [1.165, 1.54) is 6.08 Å². The molecule has 0 bridgehead atoms. The number of nitrogen functional groups attached to an aromatic ring is 1. The molecule has 0 aliphatic heterocycles. The Morgan fingerprint density at radius 1 is 1.23 bits per heavy atom. The van der Waals surface area contributed by atoms with Gasteiger partial charge in [0.15, 0.2) is 11.5 Å². The molecule has 0 unspecified atom stereocenters. The molecule has 22 heavy (non-hydrogen) atoms. The van der Waals surface area contributed by atoms with Crippen LogP contribution in [0, 0.1) is 0 Å². The van der Waals surface area contributed by atoms with Crippen LogP contribution in [0.4, 0.5) is 11.5 Å². The fraction of sp³-hybridized carbons (Fsp3) is 0.125. The molecular formula is C16H17N3O3. The molecular weight excluding hydrogens is 282 g/mol. The summed E-state index contributed by atoms with van der Waals surface area (Å²) in [4.78, 5) is 15.8. The predicted octanol–water partition coefficient (Wildman–Crippen LogP) is 2.33. The van der Waals surface area contributed by atoms with Crippen LogP contribution >= 0.6 is 0 Å². The van der Waals surface area contributed by atoms with Gasteiger partial charge in [0.2, 0.25) is 5.91 Å². The van der Waals surface area contributed by atoms with Crippen LogP contribution in [0.1, 0.15) is 5.56 Å². The van der Waals surface area contributed by atoms with Crippen LogP contribution in [0.25, 0.3) is 6.08 Å². The number of pyridine rings is 1. The van der Waals surface area contributed by atoms with Gasteiger partial charge in [0.1, 0.15) is 5.82 Å². The lowest BCUT2D eigenvalue weighted by molar-refractivity contribution is -0.111. The Labute approximate surface area is 128 Å². The molecule has 6 heteroatoms. The summed E-state index contributed by atoms with van der Waals surface area (Å²) in [7, 11) is 3.13. The van der Waals surface area contributed by atoms with Crippen LogP contribution in [-0.4, -0.2) is 25.1 Å². The molecule has 0 fully saturated rings. The van der Waals surface area contributed by atoms with Gasteiger partial charge in [0.25, 0.3) is 0 Å². The Bertz CT molecular complexity index is 699. The first kappa shape index (κ1) is 15.4. The Hall–Kier alpha value is -3.02. The fourth-order valence-electron chi connectivity index (χ4n) is 1.83. The number of aromatic nitrogens is 1. The summed E-state index contributed by atoms with van der Waals surface area (Å²) >= 11 is 0. The maximum Gasteiger partial charge on any atom is 0.248 e. The molecule has 2 aromatic rings. The molecule has 0 aliphatic carbocycles. The third-order valence-corrected chi connectivity index (χ3v) is 2.93. The number of methoxy groups -OCH3 is 2. The Balaban J connectivity index is 2.08. The average Bonchev–Trinajstić information content (AvgIpc) is 2.54.